The summed E-state index contributed by atoms with van der Waals surface area (Å²) in [7, 11) is 2.72. The molecular weight excluding hydrogens is 1050 g/mol. The smallest absolute Gasteiger partial charge is 0.312 e. The number of nitrogens with one attached hydrogen (secondary N) is 8. The number of phenols is 2. The van der Waals surface area contributed by atoms with Crippen molar-refractivity contribution >= 4 is 86.5 Å². The first-order valence-corrected chi connectivity index (χ1v) is 27.5. The van der Waals surface area contributed by atoms with Crippen molar-refractivity contribution < 1.29 is 58.5 Å². The molecule has 0 aliphatic carbocycles. The lowest BCUT2D eigenvalue weighted by atomic mass is 10.0. The van der Waals surface area contributed by atoms with Crippen LogP contribution < -0.4 is 59.7 Å². The highest BCUT2D eigenvalue weighted by atomic mass is 35.5. The third kappa shape index (κ3) is 31.2. The van der Waals surface area contributed by atoms with E-state index in [1.54, 1.807) is 55.5 Å². The summed E-state index contributed by atoms with van der Waals surface area (Å²) in [4.78, 5) is 114. The number of amides is 10. The van der Waals surface area contributed by atoms with Gasteiger partial charge in [0.1, 0.15) is 35.7 Å². The molecule has 0 aliphatic heterocycles. The monoisotopic (exact) mass is 1120 g/mol. The Morgan fingerprint density at radius 3 is 1.58 bits per heavy atom. The summed E-state index contributed by atoms with van der Waals surface area (Å²) in [5.74, 6) is -5.39. The Kier molecular flexibility index (Phi) is 35.0. The molecule has 76 heavy (non-hydrogen) atoms. The number of unbranched alkanes of at least 4 members (excludes halogenated alkanes) is 2. The van der Waals surface area contributed by atoms with Gasteiger partial charge in [0.05, 0.1) is 19.6 Å². The predicted octanol–water partition coefficient (Wildman–Crippen LogP) is 0.536. The van der Waals surface area contributed by atoms with Crippen LogP contribution in [0.1, 0.15) is 69.1 Å². The Labute approximate surface area is 455 Å². The highest BCUT2D eigenvalue weighted by Gasteiger charge is 2.29. The molecule has 3 aromatic rings. The van der Waals surface area contributed by atoms with E-state index < -0.39 is 91.2 Å². The number of phenolic OH excluding ortho intramolecular Hbond substituents is 2. The normalized spacial score (nSPS) is 11.9. The minimum atomic E-state index is -1.24. The molecule has 0 aromatic heterocycles. The van der Waals surface area contributed by atoms with Crippen LogP contribution in [0, 0.1) is 0 Å². The SMILES string of the molecule is CCCCNC(N)=O.CCO.CSSCC(NC(=O)CCc1ccc(Cl)cc1)C(=O)NC(Cc1ccc(O)cc1)C(=O)NCC(=O)NC(CCCCN)C(=O)NCC(=O)NCC(=O)NC(Cc1ccc(O)cc1)C(N)=O. The van der Waals surface area contributed by atoms with Gasteiger partial charge in [0.2, 0.25) is 47.3 Å². The van der Waals surface area contributed by atoms with E-state index in [-0.39, 0.29) is 55.4 Å². The van der Waals surface area contributed by atoms with Crippen molar-refractivity contribution in [3.05, 3.63) is 94.5 Å². The molecule has 26 heteroatoms. The first-order chi connectivity index (χ1) is 36.2. The number of primary amides is 2. The van der Waals surface area contributed by atoms with Gasteiger partial charge in [-0.05, 0) is 105 Å². The third-order valence-electron chi connectivity index (χ3n) is 10.3. The van der Waals surface area contributed by atoms with E-state index in [0.29, 0.717) is 48.5 Å². The zero-order valence-electron chi connectivity index (χ0n) is 43.0. The van der Waals surface area contributed by atoms with E-state index in [1.165, 1.54) is 45.9 Å². The second-order valence-electron chi connectivity index (χ2n) is 16.6. The third-order valence-corrected chi connectivity index (χ3v) is 12.4. The standard InChI is InChI=1S/C43H56ClN9O10S2.C5H12N2O.C2H6O/c1-64-65-25-35(52-36(56)18-11-26-5-12-29(44)13-6-26)43(63)53-34(21-28-9-16-31(55)17-10-28)42(62)49-24-39(59)50-32(4-2-3-19-45)41(61)48-22-37(57)47-23-38(58)51-33(40(46)60)20-27-7-14-30(54)15-8-27;1-2-3-4-7-5(6)8;1-2-3/h5-10,12-17,32-35,54-55H,2-4,11,18-25,45H2,1H3,(H2,46,60)(H,47,57)(H,48,61)(H,49,62)(H,50,59)(H,51,58)(H,52,56)(H,53,63);2-4H2,1H3,(H3,6,7,8);3H,2H2,1H3. The number of halogens is 1. The van der Waals surface area contributed by atoms with Gasteiger partial charge in [-0.2, -0.15) is 0 Å². The average molecular weight is 1120 g/mol. The average Bonchev–Trinajstić information content (AvgIpc) is 3.38. The molecule has 0 heterocycles. The molecule has 0 bridgehead atoms. The van der Waals surface area contributed by atoms with Crippen LogP contribution in [-0.4, -0.2) is 144 Å². The first-order valence-electron chi connectivity index (χ1n) is 24.3. The van der Waals surface area contributed by atoms with E-state index in [1.807, 2.05) is 6.26 Å². The lowest BCUT2D eigenvalue weighted by molar-refractivity contribution is -0.133. The van der Waals surface area contributed by atoms with Gasteiger partial charge in [0.25, 0.3) is 0 Å². The van der Waals surface area contributed by atoms with Gasteiger partial charge >= 0.3 is 6.03 Å². The summed E-state index contributed by atoms with van der Waals surface area (Å²) >= 11 is 5.96. The molecule has 17 N–H and O–H groups in total. The molecule has 4 unspecified atom stereocenters. The second kappa shape index (κ2) is 39.6. The molecular formula is C50H74ClN11O12S2. The number of hydrogen-bond donors (Lipinski definition) is 14. The number of aliphatic hydroxyl groups is 1. The van der Waals surface area contributed by atoms with Gasteiger partial charge in [0.15, 0.2) is 0 Å². The molecule has 0 aliphatic rings. The lowest BCUT2D eigenvalue weighted by Crippen LogP contribution is -2.56. The molecule has 3 aromatic carbocycles. The number of carbonyl (C=O) groups is 9. The number of aromatic hydroxyl groups is 2. The number of urea groups is 1. The quantitative estimate of drug-likeness (QED) is 0.0309. The highest BCUT2D eigenvalue weighted by molar-refractivity contribution is 8.76. The Bertz CT molecular complexity index is 2270. The van der Waals surface area contributed by atoms with Gasteiger partial charge in [-0.1, -0.05) is 82.9 Å². The largest absolute Gasteiger partial charge is 0.508 e. The van der Waals surface area contributed by atoms with Crippen LogP contribution in [0.15, 0.2) is 72.8 Å². The van der Waals surface area contributed by atoms with E-state index in [9.17, 15) is 53.4 Å². The number of aliphatic hydroxyl groups excluding tert-OH is 1. The number of carbonyl (C=O) groups excluding carboxylic acids is 9. The fraction of sp³-hybridized carbons (Fsp3) is 0.460. The van der Waals surface area contributed by atoms with Crippen molar-refractivity contribution in [2.75, 3.05) is 51.3 Å². The van der Waals surface area contributed by atoms with Gasteiger partial charge in [0, 0.05) is 43.2 Å². The first kappa shape index (κ1) is 67.2. The molecule has 0 saturated carbocycles. The predicted molar refractivity (Wildman–Crippen MR) is 293 cm³/mol. The zero-order chi connectivity index (χ0) is 56.8. The minimum absolute atomic E-state index is 0.0157. The fourth-order valence-electron chi connectivity index (χ4n) is 6.40. The van der Waals surface area contributed by atoms with Crippen LogP contribution in [-0.2, 0) is 57.6 Å². The zero-order valence-corrected chi connectivity index (χ0v) is 45.4. The van der Waals surface area contributed by atoms with Crippen LogP contribution in [0.25, 0.3) is 0 Å². The van der Waals surface area contributed by atoms with Crippen molar-refractivity contribution in [1.82, 2.24) is 42.5 Å². The molecule has 420 valence electrons. The van der Waals surface area contributed by atoms with Crippen LogP contribution in [0.5, 0.6) is 11.5 Å². The maximum atomic E-state index is 13.7. The summed E-state index contributed by atoms with van der Waals surface area (Å²) in [6.45, 7) is 3.27. The lowest BCUT2D eigenvalue weighted by Gasteiger charge is -2.23. The maximum Gasteiger partial charge on any atom is 0.312 e. The van der Waals surface area contributed by atoms with Crippen molar-refractivity contribution in [2.45, 2.75) is 95.8 Å². The summed E-state index contributed by atoms with van der Waals surface area (Å²) in [5.41, 5.74) is 17.9. The maximum absolute atomic E-state index is 13.7. The molecule has 0 saturated heterocycles. The highest BCUT2D eigenvalue weighted by Crippen LogP contribution is 2.19. The molecule has 10 amide bonds. The Morgan fingerprint density at radius 2 is 1.07 bits per heavy atom. The van der Waals surface area contributed by atoms with Gasteiger partial charge in [-0.15, -0.1) is 0 Å². The van der Waals surface area contributed by atoms with Crippen LogP contribution in [0.4, 0.5) is 4.79 Å². The Balaban J connectivity index is 0.00000236. The van der Waals surface area contributed by atoms with Crippen LogP contribution in [0.3, 0.4) is 0 Å². The van der Waals surface area contributed by atoms with Gasteiger partial charge < -0.3 is 75.1 Å². The molecule has 0 radical (unpaired) electrons. The Hall–Kier alpha value is -6.80. The van der Waals surface area contributed by atoms with E-state index >= 15 is 0 Å². The van der Waals surface area contributed by atoms with Gasteiger partial charge in [-0.25, -0.2) is 4.79 Å². The molecule has 4 atom stereocenters. The molecule has 0 spiro atoms. The van der Waals surface area contributed by atoms with E-state index in [2.05, 4.69) is 49.5 Å². The molecule has 0 fully saturated rings. The number of nitrogens with two attached hydrogens (primary N) is 3. The van der Waals surface area contributed by atoms with Crippen LogP contribution >= 0.6 is 33.2 Å². The van der Waals surface area contributed by atoms with E-state index in [0.717, 1.165) is 18.4 Å². The number of benzene rings is 3. The summed E-state index contributed by atoms with van der Waals surface area (Å²) in [6, 6.07) is 14.0. The van der Waals surface area contributed by atoms with Crippen LogP contribution in [0.2, 0.25) is 5.02 Å². The van der Waals surface area contributed by atoms with Crippen molar-refractivity contribution in [2.24, 2.45) is 17.2 Å². The minimum Gasteiger partial charge on any atom is -0.508 e. The number of hydrogen-bond acceptors (Lipinski definition) is 15. The molecule has 3 rings (SSSR count). The van der Waals surface area contributed by atoms with Gasteiger partial charge in [-0.3, -0.25) is 38.4 Å². The van der Waals surface area contributed by atoms with Crippen molar-refractivity contribution in [1.29, 1.82) is 0 Å². The Morgan fingerprint density at radius 1 is 0.579 bits per heavy atom. The summed E-state index contributed by atoms with van der Waals surface area (Å²) < 4.78 is 0. The topological polar surface area (TPSA) is 389 Å². The summed E-state index contributed by atoms with van der Waals surface area (Å²) in [6.07, 6.45) is 5.44. The number of rotatable bonds is 31. The summed E-state index contributed by atoms with van der Waals surface area (Å²) in [5, 5.41) is 47.6. The second-order valence-corrected chi connectivity index (χ2v) is 19.6. The van der Waals surface area contributed by atoms with Crippen molar-refractivity contribution in [3.8, 4) is 11.5 Å². The fourth-order valence-corrected chi connectivity index (χ4v) is 7.85. The van der Waals surface area contributed by atoms with Crippen molar-refractivity contribution in [3.63, 3.8) is 0 Å². The molecule has 23 nitrogen and oxygen atoms in total. The van der Waals surface area contributed by atoms with E-state index in [4.69, 9.17) is 33.9 Å². The number of aryl methyl sites for hydroxylation is 1.